The molecule has 0 saturated carbocycles. The van der Waals surface area contributed by atoms with Crippen molar-refractivity contribution in [1.29, 1.82) is 0 Å². The lowest BCUT2D eigenvalue weighted by molar-refractivity contribution is 0.578. The molecule has 0 aliphatic carbocycles. The van der Waals surface area contributed by atoms with Crippen molar-refractivity contribution in [3.63, 3.8) is 0 Å². The Morgan fingerprint density at radius 1 is 1.47 bits per heavy atom. The predicted octanol–water partition coefficient (Wildman–Crippen LogP) is 1.26. The lowest BCUT2D eigenvalue weighted by Crippen LogP contribution is -2.26. The van der Waals surface area contributed by atoms with E-state index in [0.717, 1.165) is 10.7 Å². The Bertz CT molecular complexity index is 645. The molecule has 0 amide bonds. The van der Waals surface area contributed by atoms with Crippen LogP contribution in [0.3, 0.4) is 0 Å². The van der Waals surface area contributed by atoms with Crippen LogP contribution in [0.5, 0.6) is 0 Å². The third-order valence-electron chi connectivity index (χ3n) is 2.53. The Hall–Kier alpha value is -1.25. The summed E-state index contributed by atoms with van der Waals surface area (Å²) in [5.41, 5.74) is 0.962. The monoisotopic (exact) mass is 300 g/mol. The Morgan fingerprint density at radius 2 is 2.26 bits per heavy atom. The fourth-order valence-electron chi connectivity index (χ4n) is 1.55. The van der Waals surface area contributed by atoms with Crippen molar-refractivity contribution in [2.75, 3.05) is 6.54 Å². The lowest BCUT2D eigenvalue weighted by atomic mass is 10.4. The second-order valence-electron chi connectivity index (χ2n) is 4.08. The van der Waals surface area contributed by atoms with E-state index < -0.39 is 10.0 Å². The Kier molecular flexibility index (Phi) is 4.33. The minimum Gasteiger partial charge on any atom is -0.332 e. The van der Waals surface area contributed by atoms with Gasteiger partial charge in [-0.15, -0.1) is 11.3 Å². The van der Waals surface area contributed by atoms with E-state index in [0.29, 0.717) is 25.2 Å². The van der Waals surface area contributed by atoms with Gasteiger partial charge in [0.05, 0.1) is 11.2 Å². The van der Waals surface area contributed by atoms with E-state index >= 15 is 0 Å². The molecule has 19 heavy (non-hydrogen) atoms. The molecule has 0 aliphatic heterocycles. The fraction of sp³-hybridized carbons (Fsp3) is 0.455. The molecule has 0 unspecified atom stereocenters. The van der Waals surface area contributed by atoms with Gasteiger partial charge in [0.25, 0.3) is 10.0 Å². The molecular weight excluding hydrogens is 284 g/mol. The van der Waals surface area contributed by atoms with Gasteiger partial charge < -0.3 is 4.98 Å². The highest BCUT2D eigenvalue weighted by Gasteiger charge is 2.16. The minimum absolute atomic E-state index is 0.111. The summed E-state index contributed by atoms with van der Waals surface area (Å²) < 4.78 is 26.5. The third-order valence-corrected chi connectivity index (χ3v) is 4.92. The first-order chi connectivity index (χ1) is 9.01. The van der Waals surface area contributed by atoms with Crippen molar-refractivity contribution in [3.05, 3.63) is 28.1 Å². The number of hydrogen-bond acceptors (Lipinski definition) is 5. The summed E-state index contributed by atoms with van der Waals surface area (Å²) >= 11 is 1.54. The van der Waals surface area contributed by atoms with Crippen LogP contribution in [-0.2, 0) is 22.9 Å². The van der Waals surface area contributed by atoms with Crippen LogP contribution in [0.4, 0.5) is 0 Å². The molecule has 6 nitrogen and oxygen atoms in total. The molecule has 0 saturated heterocycles. The van der Waals surface area contributed by atoms with Crippen molar-refractivity contribution in [3.8, 4) is 0 Å². The molecule has 2 heterocycles. The summed E-state index contributed by atoms with van der Waals surface area (Å²) in [6, 6.07) is 0. The number of imidazole rings is 1. The number of aromatic amines is 1. The Labute approximate surface area is 116 Å². The van der Waals surface area contributed by atoms with E-state index in [1.54, 1.807) is 0 Å². The molecule has 0 spiro atoms. The van der Waals surface area contributed by atoms with Crippen molar-refractivity contribution in [2.45, 2.75) is 31.7 Å². The topological polar surface area (TPSA) is 87.7 Å². The van der Waals surface area contributed by atoms with Crippen LogP contribution in [0.25, 0.3) is 0 Å². The van der Waals surface area contributed by atoms with Crippen LogP contribution in [0.2, 0.25) is 0 Å². The molecule has 0 bridgehead atoms. The minimum atomic E-state index is -3.50. The highest BCUT2D eigenvalue weighted by Crippen LogP contribution is 2.10. The van der Waals surface area contributed by atoms with Gasteiger partial charge in [0.1, 0.15) is 5.82 Å². The first-order valence-corrected chi connectivity index (χ1v) is 8.32. The van der Waals surface area contributed by atoms with Gasteiger partial charge >= 0.3 is 0 Å². The molecule has 8 heteroatoms. The number of nitrogens with one attached hydrogen (secondary N) is 2. The van der Waals surface area contributed by atoms with Crippen LogP contribution in [0, 0.1) is 6.92 Å². The van der Waals surface area contributed by atoms with Gasteiger partial charge in [-0.2, -0.15) is 0 Å². The predicted molar refractivity (Wildman–Crippen MR) is 73.7 cm³/mol. The Morgan fingerprint density at radius 3 is 2.84 bits per heavy atom. The van der Waals surface area contributed by atoms with Crippen LogP contribution in [0.1, 0.15) is 23.4 Å². The molecule has 0 fully saturated rings. The molecule has 2 aromatic heterocycles. The van der Waals surface area contributed by atoms with Crippen molar-refractivity contribution in [1.82, 2.24) is 19.7 Å². The standard InChI is InChI=1S/C11H16N4O2S2/c1-3-9-12-6-11(15-9)19(16,17)13-5-4-10-14-8(2)7-18-10/h6-7,13H,3-5H2,1-2H3,(H,12,15). The normalized spacial score (nSPS) is 11.9. The first kappa shape index (κ1) is 14.2. The highest BCUT2D eigenvalue weighted by atomic mass is 32.2. The average Bonchev–Trinajstić information content (AvgIpc) is 2.98. The van der Waals surface area contributed by atoms with Gasteiger partial charge in [-0.05, 0) is 6.92 Å². The largest absolute Gasteiger partial charge is 0.332 e. The van der Waals surface area contributed by atoms with E-state index in [1.807, 2.05) is 19.2 Å². The number of H-pyrrole nitrogens is 1. The zero-order valence-electron chi connectivity index (χ0n) is 10.8. The maximum absolute atomic E-state index is 12.0. The quantitative estimate of drug-likeness (QED) is 0.840. The van der Waals surface area contributed by atoms with E-state index in [-0.39, 0.29) is 5.03 Å². The van der Waals surface area contributed by atoms with Crippen LogP contribution in [0.15, 0.2) is 16.6 Å². The maximum atomic E-state index is 12.0. The molecule has 0 atom stereocenters. The van der Waals surface area contributed by atoms with E-state index in [9.17, 15) is 8.42 Å². The SMILES string of the molecule is CCc1ncc(S(=O)(=O)NCCc2nc(C)cs2)[nH]1. The van der Waals surface area contributed by atoms with Crippen LogP contribution in [-0.4, -0.2) is 29.9 Å². The molecular formula is C11H16N4O2S2. The number of thiazole rings is 1. The maximum Gasteiger partial charge on any atom is 0.257 e. The number of nitrogens with zero attached hydrogens (tertiary/aromatic N) is 2. The smallest absolute Gasteiger partial charge is 0.257 e. The first-order valence-electron chi connectivity index (χ1n) is 5.96. The molecule has 0 aliphatic rings. The summed E-state index contributed by atoms with van der Waals surface area (Å²) in [6.45, 7) is 4.16. The van der Waals surface area contributed by atoms with E-state index in [1.165, 1.54) is 17.5 Å². The number of aryl methyl sites for hydroxylation is 2. The second kappa shape index (κ2) is 5.81. The van der Waals surface area contributed by atoms with Gasteiger partial charge in [0.15, 0.2) is 5.03 Å². The summed E-state index contributed by atoms with van der Waals surface area (Å²) in [6.07, 6.45) is 2.61. The zero-order chi connectivity index (χ0) is 13.9. The summed E-state index contributed by atoms with van der Waals surface area (Å²) in [4.78, 5) is 11.1. The van der Waals surface area contributed by atoms with Crippen molar-refractivity contribution >= 4 is 21.4 Å². The molecule has 2 rings (SSSR count). The van der Waals surface area contributed by atoms with Crippen LogP contribution < -0.4 is 4.72 Å². The molecule has 0 radical (unpaired) electrons. The average molecular weight is 300 g/mol. The van der Waals surface area contributed by atoms with Gasteiger partial charge in [0, 0.05) is 30.5 Å². The summed E-state index contributed by atoms with van der Waals surface area (Å²) in [7, 11) is -3.50. The lowest BCUT2D eigenvalue weighted by Gasteiger charge is -2.03. The van der Waals surface area contributed by atoms with Crippen molar-refractivity contribution < 1.29 is 8.42 Å². The van der Waals surface area contributed by atoms with Crippen LogP contribution >= 0.6 is 11.3 Å². The zero-order valence-corrected chi connectivity index (χ0v) is 12.4. The number of rotatable bonds is 6. The highest BCUT2D eigenvalue weighted by molar-refractivity contribution is 7.89. The van der Waals surface area contributed by atoms with E-state index in [4.69, 9.17) is 0 Å². The van der Waals surface area contributed by atoms with E-state index in [2.05, 4.69) is 19.7 Å². The third kappa shape index (κ3) is 3.62. The second-order valence-corrected chi connectivity index (χ2v) is 6.76. The Balaban J connectivity index is 1.94. The van der Waals surface area contributed by atoms with Gasteiger partial charge in [0.2, 0.25) is 0 Å². The van der Waals surface area contributed by atoms with Gasteiger partial charge in [-0.1, -0.05) is 6.92 Å². The summed E-state index contributed by atoms with van der Waals surface area (Å²) in [5, 5.41) is 2.99. The van der Waals surface area contributed by atoms with Gasteiger partial charge in [-0.25, -0.2) is 23.1 Å². The number of hydrogen-bond donors (Lipinski definition) is 2. The molecule has 2 N–H and O–H groups in total. The molecule has 0 aromatic carbocycles. The number of aromatic nitrogens is 3. The van der Waals surface area contributed by atoms with Crippen molar-refractivity contribution in [2.24, 2.45) is 0 Å². The molecule has 104 valence electrons. The number of sulfonamides is 1. The molecule has 2 aromatic rings. The summed E-state index contributed by atoms with van der Waals surface area (Å²) in [5.74, 6) is 0.663. The van der Waals surface area contributed by atoms with Gasteiger partial charge in [-0.3, -0.25) is 0 Å². The fourth-order valence-corrected chi connectivity index (χ4v) is 3.29.